The van der Waals surface area contributed by atoms with Gasteiger partial charge in [0.1, 0.15) is 0 Å². The standard InChI is InChI=1S/C24H31N5O/c25-10-5-18(16-26)17-28-11-6-19(7-12-28)23(30)29-13-8-24(9-14-29)15-22(27)20-3-1-2-4-21(20)24/h1-5,10,16,19,25-27H,6-9,11-15,17H2/b18-5+,25-10?,26-16?,27-22?. The zero-order valence-corrected chi connectivity index (χ0v) is 17.5. The van der Waals surface area contributed by atoms with Gasteiger partial charge in [-0.3, -0.25) is 9.69 Å². The molecule has 2 saturated heterocycles. The van der Waals surface area contributed by atoms with Crippen LogP contribution in [0.4, 0.5) is 0 Å². The number of amides is 1. The van der Waals surface area contributed by atoms with Crippen molar-refractivity contribution in [2.24, 2.45) is 5.92 Å². The summed E-state index contributed by atoms with van der Waals surface area (Å²) in [7, 11) is 0. The molecule has 6 nitrogen and oxygen atoms in total. The summed E-state index contributed by atoms with van der Waals surface area (Å²) in [6.07, 6.45) is 8.65. The molecular formula is C24H31N5O. The van der Waals surface area contributed by atoms with Crippen LogP contribution in [0.1, 0.15) is 43.2 Å². The van der Waals surface area contributed by atoms with Crippen molar-refractivity contribution in [2.75, 3.05) is 32.7 Å². The van der Waals surface area contributed by atoms with Crippen molar-refractivity contribution in [1.82, 2.24) is 9.80 Å². The van der Waals surface area contributed by atoms with Crippen molar-refractivity contribution in [3.63, 3.8) is 0 Å². The Bertz CT molecular complexity index is 873. The number of benzene rings is 1. The molecule has 1 amide bonds. The number of likely N-dealkylation sites (tertiary alicyclic amines) is 2. The van der Waals surface area contributed by atoms with E-state index in [2.05, 4.69) is 28.0 Å². The summed E-state index contributed by atoms with van der Waals surface area (Å²) < 4.78 is 0. The molecule has 30 heavy (non-hydrogen) atoms. The topological polar surface area (TPSA) is 95.1 Å². The average molecular weight is 406 g/mol. The Balaban J connectivity index is 1.32. The Labute approximate surface area is 178 Å². The number of piperidine rings is 2. The second kappa shape index (κ2) is 8.64. The van der Waals surface area contributed by atoms with Crippen LogP contribution in [-0.4, -0.2) is 66.6 Å². The third kappa shape index (κ3) is 3.88. The summed E-state index contributed by atoms with van der Waals surface area (Å²) in [5.74, 6) is 0.396. The molecule has 3 aliphatic rings. The number of carbonyl (C=O) groups excluding carboxylic acids is 1. The number of nitrogens with zero attached hydrogens (tertiary/aromatic N) is 2. The zero-order valence-electron chi connectivity index (χ0n) is 17.5. The summed E-state index contributed by atoms with van der Waals surface area (Å²) in [5, 5.41) is 23.0. The minimum atomic E-state index is 0.0538. The highest BCUT2D eigenvalue weighted by atomic mass is 16.2. The van der Waals surface area contributed by atoms with E-state index in [1.165, 1.54) is 18.0 Å². The van der Waals surface area contributed by atoms with Gasteiger partial charge in [0.05, 0.1) is 0 Å². The van der Waals surface area contributed by atoms with Gasteiger partial charge in [-0.15, -0.1) is 0 Å². The Morgan fingerprint density at radius 3 is 2.47 bits per heavy atom. The van der Waals surface area contributed by atoms with Gasteiger partial charge in [0.2, 0.25) is 5.91 Å². The first-order chi connectivity index (χ1) is 14.6. The van der Waals surface area contributed by atoms with Gasteiger partial charge in [-0.05, 0) is 68.0 Å². The van der Waals surface area contributed by atoms with Gasteiger partial charge >= 0.3 is 0 Å². The van der Waals surface area contributed by atoms with E-state index >= 15 is 0 Å². The summed E-state index contributed by atoms with van der Waals surface area (Å²) >= 11 is 0. The zero-order chi connectivity index (χ0) is 21.1. The van der Waals surface area contributed by atoms with Crippen LogP contribution in [0.2, 0.25) is 0 Å². The highest BCUT2D eigenvalue weighted by Crippen LogP contribution is 2.46. The van der Waals surface area contributed by atoms with E-state index in [9.17, 15) is 4.79 Å². The molecule has 0 bridgehead atoms. The van der Waals surface area contributed by atoms with Crippen molar-refractivity contribution in [2.45, 2.75) is 37.5 Å². The number of rotatable bonds is 5. The van der Waals surface area contributed by atoms with Crippen LogP contribution in [-0.2, 0) is 10.2 Å². The van der Waals surface area contributed by atoms with E-state index in [1.807, 2.05) is 6.07 Å². The number of hydrogen-bond donors (Lipinski definition) is 3. The summed E-state index contributed by atoms with van der Waals surface area (Å²) in [5.41, 5.74) is 4.05. The van der Waals surface area contributed by atoms with Gasteiger partial charge in [-0.1, -0.05) is 24.3 Å². The summed E-state index contributed by atoms with van der Waals surface area (Å²) in [6.45, 7) is 3.99. The molecule has 2 heterocycles. The molecule has 0 atom stereocenters. The average Bonchev–Trinajstić information content (AvgIpc) is 3.05. The predicted octanol–water partition coefficient (Wildman–Crippen LogP) is 3.26. The van der Waals surface area contributed by atoms with Crippen LogP contribution in [0.15, 0.2) is 35.9 Å². The number of hydrogen-bond acceptors (Lipinski definition) is 5. The van der Waals surface area contributed by atoms with Crippen LogP contribution in [0.3, 0.4) is 0 Å². The van der Waals surface area contributed by atoms with Crippen LogP contribution in [0.5, 0.6) is 0 Å². The van der Waals surface area contributed by atoms with Gasteiger partial charge in [0.15, 0.2) is 0 Å². The first-order valence-corrected chi connectivity index (χ1v) is 10.9. The third-order valence-electron chi connectivity index (χ3n) is 7.20. The minimum absolute atomic E-state index is 0.0538. The van der Waals surface area contributed by atoms with Crippen molar-refractivity contribution in [3.05, 3.63) is 47.0 Å². The second-order valence-electron chi connectivity index (χ2n) is 8.91. The van der Waals surface area contributed by atoms with E-state index in [0.29, 0.717) is 12.5 Å². The molecular weight excluding hydrogens is 374 g/mol. The summed E-state index contributed by atoms with van der Waals surface area (Å²) in [4.78, 5) is 17.5. The lowest BCUT2D eigenvalue weighted by Crippen LogP contribution is -2.48. The number of allylic oxidation sites excluding steroid dienone is 1. The third-order valence-corrected chi connectivity index (χ3v) is 7.20. The number of fused-ring (bicyclic) bond motifs is 2. The SMILES string of the molecule is N=C/C=C(\C=N)CN1CCC(C(=O)N2CCC3(CC2)CC(=N)c2ccccc23)CC1. The van der Waals surface area contributed by atoms with Crippen molar-refractivity contribution < 1.29 is 4.79 Å². The number of nitrogens with one attached hydrogen (secondary N) is 3. The van der Waals surface area contributed by atoms with Crippen molar-refractivity contribution in [3.8, 4) is 0 Å². The predicted molar refractivity (Wildman–Crippen MR) is 120 cm³/mol. The molecule has 2 fully saturated rings. The Morgan fingerprint density at radius 2 is 1.80 bits per heavy atom. The van der Waals surface area contributed by atoms with Crippen LogP contribution in [0, 0.1) is 22.1 Å². The molecule has 1 aromatic rings. The molecule has 0 aromatic heterocycles. The molecule has 6 heteroatoms. The van der Waals surface area contributed by atoms with Gasteiger partial charge < -0.3 is 21.1 Å². The van der Waals surface area contributed by atoms with Gasteiger partial charge in [0.25, 0.3) is 0 Å². The summed E-state index contributed by atoms with van der Waals surface area (Å²) in [6, 6.07) is 8.34. The van der Waals surface area contributed by atoms with E-state index in [1.54, 1.807) is 6.08 Å². The lowest BCUT2D eigenvalue weighted by molar-refractivity contribution is -0.138. The van der Waals surface area contributed by atoms with E-state index in [-0.39, 0.29) is 11.3 Å². The monoisotopic (exact) mass is 405 g/mol. The van der Waals surface area contributed by atoms with Crippen molar-refractivity contribution >= 4 is 24.0 Å². The lowest BCUT2D eigenvalue weighted by atomic mass is 9.73. The quantitative estimate of drug-likeness (QED) is 0.656. The van der Waals surface area contributed by atoms with Gasteiger partial charge in [-0.2, -0.15) is 0 Å². The molecule has 1 spiro atoms. The maximum absolute atomic E-state index is 13.1. The molecule has 0 radical (unpaired) electrons. The normalized spacial score (nSPS) is 22.2. The fourth-order valence-corrected chi connectivity index (χ4v) is 5.45. The molecule has 2 aliphatic heterocycles. The van der Waals surface area contributed by atoms with E-state index in [0.717, 1.165) is 75.1 Å². The molecule has 158 valence electrons. The Morgan fingerprint density at radius 1 is 1.10 bits per heavy atom. The van der Waals surface area contributed by atoms with Crippen LogP contribution < -0.4 is 0 Å². The maximum Gasteiger partial charge on any atom is 0.225 e. The molecule has 4 rings (SSSR count). The Hall–Kier alpha value is -2.60. The first-order valence-electron chi connectivity index (χ1n) is 10.9. The van der Waals surface area contributed by atoms with E-state index < -0.39 is 0 Å². The van der Waals surface area contributed by atoms with Crippen molar-refractivity contribution in [1.29, 1.82) is 16.2 Å². The van der Waals surface area contributed by atoms with Gasteiger partial charge in [-0.25, -0.2) is 0 Å². The lowest BCUT2D eigenvalue weighted by Gasteiger charge is -2.42. The number of carbonyl (C=O) groups is 1. The fraction of sp³-hybridized carbons (Fsp3) is 0.500. The Kier molecular flexibility index (Phi) is 5.95. The molecule has 0 unspecified atom stereocenters. The largest absolute Gasteiger partial charge is 0.342 e. The second-order valence-corrected chi connectivity index (χ2v) is 8.91. The highest BCUT2D eigenvalue weighted by molar-refractivity contribution is 6.04. The fourth-order valence-electron chi connectivity index (χ4n) is 5.45. The van der Waals surface area contributed by atoms with Crippen LogP contribution in [0.25, 0.3) is 0 Å². The van der Waals surface area contributed by atoms with E-state index in [4.69, 9.17) is 16.2 Å². The minimum Gasteiger partial charge on any atom is -0.342 e. The molecule has 1 aliphatic carbocycles. The van der Waals surface area contributed by atoms with Gasteiger partial charge in [0, 0.05) is 49.1 Å². The maximum atomic E-state index is 13.1. The van der Waals surface area contributed by atoms with Crippen LogP contribution >= 0.6 is 0 Å². The highest BCUT2D eigenvalue weighted by Gasteiger charge is 2.44. The molecule has 0 saturated carbocycles. The smallest absolute Gasteiger partial charge is 0.225 e. The molecule has 3 N–H and O–H groups in total. The molecule has 1 aromatic carbocycles. The first kappa shape index (κ1) is 20.7.